The molecule has 0 unspecified atom stereocenters. The first-order valence-electron chi connectivity index (χ1n) is 5.29. The number of rotatable bonds is 4. The summed E-state index contributed by atoms with van der Waals surface area (Å²) in [5.41, 5.74) is 0.180. The molecule has 18 heavy (non-hydrogen) atoms. The number of hydrogen-bond donors (Lipinski definition) is 3. The number of aryl methyl sites for hydroxylation is 1. The Bertz CT molecular complexity index is 635. The summed E-state index contributed by atoms with van der Waals surface area (Å²) in [4.78, 5) is 33.1. The van der Waals surface area contributed by atoms with Gasteiger partial charge in [-0.1, -0.05) is 12.1 Å². The van der Waals surface area contributed by atoms with Crippen molar-refractivity contribution in [2.75, 3.05) is 0 Å². The van der Waals surface area contributed by atoms with Crippen LogP contribution in [-0.2, 0) is 11.2 Å². The molecule has 0 fully saturated rings. The first-order valence-corrected chi connectivity index (χ1v) is 5.29. The van der Waals surface area contributed by atoms with Crippen LogP contribution in [0.5, 0.6) is 0 Å². The lowest BCUT2D eigenvalue weighted by molar-refractivity contribution is -0.136. The van der Waals surface area contributed by atoms with Gasteiger partial charge in [-0.2, -0.15) is 0 Å². The fraction of sp³-hybridized carbons (Fsp3) is 0.182. The van der Waals surface area contributed by atoms with Crippen molar-refractivity contribution in [1.82, 2.24) is 14.8 Å². The minimum atomic E-state index is -0.864. The Kier molecular flexibility index (Phi) is 3.13. The maximum Gasteiger partial charge on any atom is 0.348 e. The van der Waals surface area contributed by atoms with Gasteiger partial charge >= 0.3 is 17.3 Å². The third kappa shape index (κ3) is 2.40. The van der Waals surface area contributed by atoms with E-state index in [2.05, 4.69) is 10.2 Å². The van der Waals surface area contributed by atoms with Crippen LogP contribution in [0.4, 0.5) is 0 Å². The summed E-state index contributed by atoms with van der Waals surface area (Å²) in [6.07, 6.45) is 0.456. The van der Waals surface area contributed by atoms with Crippen molar-refractivity contribution in [1.29, 1.82) is 0 Å². The number of aliphatic carboxylic acids is 1. The molecule has 0 aliphatic rings. The number of aromatic nitrogens is 3. The predicted molar refractivity (Wildman–Crippen MR) is 63.0 cm³/mol. The van der Waals surface area contributed by atoms with Crippen LogP contribution in [0.25, 0.3) is 5.69 Å². The largest absolute Gasteiger partial charge is 0.481 e. The molecule has 3 N–H and O–H groups in total. The van der Waals surface area contributed by atoms with Crippen molar-refractivity contribution in [3.05, 3.63) is 50.8 Å². The third-order valence-electron chi connectivity index (χ3n) is 2.50. The van der Waals surface area contributed by atoms with Gasteiger partial charge in [-0.3, -0.25) is 4.79 Å². The normalized spacial score (nSPS) is 10.4. The van der Waals surface area contributed by atoms with E-state index >= 15 is 0 Å². The minimum Gasteiger partial charge on any atom is -0.481 e. The van der Waals surface area contributed by atoms with Crippen molar-refractivity contribution in [3.8, 4) is 5.69 Å². The molecule has 0 bridgehead atoms. The highest BCUT2D eigenvalue weighted by molar-refractivity contribution is 5.67. The zero-order valence-corrected chi connectivity index (χ0v) is 9.34. The number of nitrogens with one attached hydrogen (secondary N) is 2. The third-order valence-corrected chi connectivity index (χ3v) is 2.50. The van der Waals surface area contributed by atoms with Crippen molar-refractivity contribution >= 4 is 5.97 Å². The molecule has 1 aromatic heterocycles. The topological polar surface area (TPSA) is 108 Å². The van der Waals surface area contributed by atoms with E-state index < -0.39 is 17.3 Å². The van der Waals surface area contributed by atoms with E-state index in [0.717, 1.165) is 10.1 Å². The molecule has 2 aromatic rings. The molecule has 2 rings (SSSR count). The first kappa shape index (κ1) is 11.9. The lowest BCUT2D eigenvalue weighted by Gasteiger charge is -2.02. The summed E-state index contributed by atoms with van der Waals surface area (Å²) >= 11 is 0. The van der Waals surface area contributed by atoms with Gasteiger partial charge in [-0.15, -0.1) is 0 Å². The number of hydrogen-bond acceptors (Lipinski definition) is 3. The molecular weight excluding hydrogens is 238 g/mol. The number of aromatic amines is 2. The fourth-order valence-corrected chi connectivity index (χ4v) is 1.61. The highest BCUT2D eigenvalue weighted by Gasteiger charge is 2.05. The van der Waals surface area contributed by atoms with E-state index in [1.807, 2.05) is 0 Å². The molecule has 0 saturated heterocycles. The van der Waals surface area contributed by atoms with Crippen molar-refractivity contribution in [2.24, 2.45) is 0 Å². The van der Waals surface area contributed by atoms with E-state index in [0.29, 0.717) is 12.1 Å². The van der Waals surface area contributed by atoms with Crippen LogP contribution in [0, 0.1) is 0 Å². The smallest absolute Gasteiger partial charge is 0.348 e. The summed E-state index contributed by atoms with van der Waals surface area (Å²) in [5, 5.41) is 12.9. The molecule has 0 radical (unpaired) electrons. The highest BCUT2D eigenvalue weighted by atomic mass is 16.4. The summed E-state index contributed by atoms with van der Waals surface area (Å²) in [6.45, 7) is 0. The van der Waals surface area contributed by atoms with E-state index in [4.69, 9.17) is 5.11 Å². The predicted octanol–water partition coefficient (Wildman–Crippen LogP) is -0.129. The Morgan fingerprint density at radius 2 is 1.67 bits per heavy atom. The first-order chi connectivity index (χ1) is 8.58. The minimum absolute atomic E-state index is 0.0457. The van der Waals surface area contributed by atoms with Crippen LogP contribution in [0.1, 0.15) is 12.0 Å². The quantitative estimate of drug-likeness (QED) is 0.701. The van der Waals surface area contributed by atoms with Crippen molar-refractivity contribution in [3.63, 3.8) is 0 Å². The van der Waals surface area contributed by atoms with E-state index in [9.17, 15) is 14.4 Å². The molecule has 0 spiro atoms. The number of carboxylic acid groups (broad SMARTS) is 1. The Hall–Kier alpha value is -2.57. The second kappa shape index (κ2) is 4.74. The van der Waals surface area contributed by atoms with Gasteiger partial charge in [0, 0.05) is 6.42 Å². The highest BCUT2D eigenvalue weighted by Crippen LogP contribution is 2.08. The van der Waals surface area contributed by atoms with Crippen molar-refractivity contribution in [2.45, 2.75) is 12.8 Å². The molecule has 0 atom stereocenters. The van der Waals surface area contributed by atoms with E-state index in [-0.39, 0.29) is 6.42 Å². The number of H-pyrrole nitrogens is 2. The lowest BCUT2D eigenvalue weighted by atomic mass is 10.1. The van der Waals surface area contributed by atoms with Crippen LogP contribution in [-0.4, -0.2) is 25.8 Å². The van der Waals surface area contributed by atoms with Crippen LogP contribution in [0.2, 0.25) is 0 Å². The molecule has 0 aliphatic heterocycles. The number of carboxylic acids is 1. The number of benzene rings is 1. The van der Waals surface area contributed by atoms with Gasteiger partial charge in [0.25, 0.3) is 0 Å². The molecule has 0 amide bonds. The van der Waals surface area contributed by atoms with E-state index in [1.165, 1.54) is 0 Å². The summed E-state index contributed by atoms with van der Waals surface area (Å²) in [6, 6.07) is 6.58. The zero-order chi connectivity index (χ0) is 13.1. The lowest BCUT2D eigenvalue weighted by Crippen LogP contribution is -2.24. The van der Waals surface area contributed by atoms with Crippen LogP contribution in [0.3, 0.4) is 0 Å². The van der Waals surface area contributed by atoms with Gasteiger partial charge < -0.3 is 5.11 Å². The molecule has 1 aromatic carbocycles. The SMILES string of the molecule is O=C(O)CCc1ccc(-n2c(=O)[nH][nH]c2=O)cc1. The molecule has 0 aliphatic carbocycles. The Balaban J connectivity index is 2.25. The zero-order valence-electron chi connectivity index (χ0n) is 9.34. The van der Waals surface area contributed by atoms with Gasteiger partial charge in [0.05, 0.1) is 5.69 Å². The molecule has 0 saturated carbocycles. The molecule has 7 heteroatoms. The summed E-state index contributed by atoms with van der Waals surface area (Å²) in [5.74, 6) is -0.864. The second-order valence-corrected chi connectivity index (χ2v) is 3.76. The molecular formula is C11H11N3O4. The Morgan fingerprint density at radius 1 is 1.11 bits per heavy atom. The Morgan fingerprint density at radius 3 is 2.17 bits per heavy atom. The number of carbonyl (C=O) groups is 1. The fourth-order valence-electron chi connectivity index (χ4n) is 1.61. The number of nitrogens with zero attached hydrogens (tertiary/aromatic N) is 1. The monoisotopic (exact) mass is 249 g/mol. The standard InChI is InChI=1S/C11H11N3O4/c15-9(16)6-3-7-1-4-8(5-2-7)14-10(17)12-13-11(14)18/h1-2,4-5H,3,6H2,(H,12,17)(H,13,18)(H,15,16). The van der Waals surface area contributed by atoms with Crippen LogP contribution < -0.4 is 11.4 Å². The van der Waals surface area contributed by atoms with Gasteiger partial charge in [-0.05, 0) is 24.1 Å². The molecule has 7 nitrogen and oxygen atoms in total. The van der Waals surface area contributed by atoms with Gasteiger partial charge in [0.2, 0.25) is 0 Å². The molecule has 94 valence electrons. The average Bonchev–Trinajstić information content (AvgIpc) is 2.67. The second-order valence-electron chi connectivity index (χ2n) is 3.76. The maximum atomic E-state index is 11.3. The maximum absolute atomic E-state index is 11.3. The van der Waals surface area contributed by atoms with E-state index in [1.54, 1.807) is 24.3 Å². The molecule has 1 heterocycles. The van der Waals surface area contributed by atoms with Gasteiger partial charge in [-0.25, -0.2) is 24.4 Å². The summed E-state index contributed by atoms with van der Waals surface area (Å²) < 4.78 is 0.959. The van der Waals surface area contributed by atoms with Gasteiger partial charge in [0.15, 0.2) is 0 Å². The average molecular weight is 249 g/mol. The Labute approximate surface area is 101 Å². The van der Waals surface area contributed by atoms with Gasteiger partial charge in [0.1, 0.15) is 0 Å². The summed E-state index contributed by atoms with van der Waals surface area (Å²) in [7, 11) is 0. The van der Waals surface area contributed by atoms with Crippen molar-refractivity contribution < 1.29 is 9.90 Å². The van der Waals surface area contributed by atoms with Crippen LogP contribution in [0.15, 0.2) is 33.9 Å². The van der Waals surface area contributed by atoms with Crippen LogP contribution >= 0.6 is 0 Å².